The molecule has 6 rings (SSSR count). The van der Waals surface area contributed by atoms with Gasteiger partial charge in [-0.3, -0.25) is 0 Å². The van der Waals surface area contributed by atoms with Crippen LogP contribution >= 0.6 is 0 Å². The van der Waals surface area contributed by atoms with Gasteiger partial charge in [-0.1, -0.05) is 84.9 Å². The van der Waals surface area contributed by atoms with Crippen LogP contribution in [0.4, 0.5) is 0 Å². The summed E-state index contributed by atoms with van der Waals surface area (Å²) < 4.78 is 2.26. The third-order valence-electron chi connectivity index (χ3n) is 6.19. The van der Waals surface area contributed by atoms with E-state index in [0.29, 0.717) is 5.56 Å². The summed E-state index contributed by atoms with van der Waals surface area (Å²) in [5.41, 5.74) is 8.38. The van der Waals surface area contributed by atoms with Crippen molar-refractivity contribution in [1.29, 1.82) is 5.26 Å². The minimum atomic E-state index is 0.648. The van der Waals surface area contributed by atoms with Crippen molar-refractivity contribution in [3.8, 4) is 34.0 Å². The standard InChI is InChI=1S/C31H20N2/c32-21-22-17-26(25-12-8-11-24(19-25)23-9-2-1-3-10-23)20-27(18-22)33-30-15-6-4-13-28(30)29-14-5-7-16-31(29)33/h1-20H. The van der Waals surface area contributed by atoms with E-state index in [-0.39, 0.29) is 0 Å². The van der Waals surface area contributed by atoms with E-state index in [0.717, 1.165) is 33.4 Å². The van der Waals surface area contributed by atoms with Crippen LogP contribution in [0.5, 0.6) is 0 Å². The van der Waals surface area contributed by atoms with Crippen LogP contribution in [0.25, 0.3) is 49.7 Å². The predicted octanol–water partition coefficient (Wildman–Crippen LogP) is 7.99. The van der Waals surface area contributed by atoms with E-state index in [1.807, 2.05) is 18.2 Å². The van der Waals surface area contributed by atoms with Gasteiger partial charge >= 0.3 is 0 Å². The minimum absolute atomic E-state index is 0.648. The van der Waals surface area contributed by atoms with Crippen molar-refractivity contribution >= 4 is 21.8 Å². The van der Waals surface area contributed by atoms with E-state index in [9.17, 15) is 5.26 Å². The summed E-state index contributed by atoms with van der Waals surface area (Å²) >= 11 is 0. The lowest BCUT2D eigenvalue weighted by Crippen LogP contribution is -1.96. The van der Waals surface area contributed by atoms with Gasteiger partial charge in [-0.05, 0) is 58.7 Å². The average Bonchev–Trinajstić information content (AvgIpc) is 3.23. The van der Waals surface area contributed by atoms with Crippen LogP contribution in [0.1, 0.15) is 5.56 Å². The summed E-state index contributed by atoms with van der Waals surface area (Å²) in [6.07, 6.45) is 0. The highest BCUT2D eigenvalue weighted by Crippen LogP contribution is 2.34. The number of fused-ring (bicyclic) bond motifs is 3. The van der Waals surface area contributed by atoms with Crippen molar-refractivity contribution in [3.63, 3.8) is 0 Å². The molecule has 1 aromatic heterocycles. The molecule has 0 aliphatic rings. The molecule has 154 valence electrons. The second-order valence-electron chi connectivity index (χ2n) is 8.20. The van der Waals surface area contributed by atoms with Crippen molar-refractivity contribution in [3.05, 3.63) is 127 Å². The van der Waals surface area contributed by atoms with Crippen LogP contribution in [-0.4, -0.2) is 4.57 Å². The highest BCUT2D eigenvalue weighted by atomic mass is 15.0. The largest absolute Gasteiger partial charge is 0.309 e. The zero-order chi connectivity index (χ0) is 22.2. The molecule has 2 nitrogen and oxygen atoms in total. The molecule has 0 radical (unpaired) electrons. The molecule has 0 amide bonds. The van der Waals surface area contributed by atoms with Crippen LogP contribution in [0.3, 0.4) is 0 Å². The predicted molar refractivity (Wildman–Crippen MR) is 136 cm³/mol. The SMILES string of the molecule is N#Cc1cc(-c2cccc(-c3ccccc3)c2)cc(-n2c3ccccc3c3ccccc32)c1. The topological polar surface area (TPSA) is 28.7 Å². The summed E-state index contributed by atoms with van der Waals surface area (Å²) in [4.78, 5) is 0. The number of benzene rings is 5. The molecule has 0 aliphatic carbocycles. The van der Waals surface area contributed by atoms with Crippen molar-refractivity contribution < 1.29 is 0 Å². The summed E-state index contributed by atoms with van der Waals surface area (Å²) in [5.74, 6) is 0. The Kier molecular flexibility index (Phi) is 4.53. The number of para-hydroxylation sites is 2. The van der Waals surface area contributed by atoms with E-state index in [4.69, 9.17) is 0 Å². The lowest BCUT2D eigenvalue weighted by atomic mass is 9.97. The van der Waals surface area contributed by atoms with Crippen molar-refractivity contribution in [1.82, 2.24) is 4.57 Å². The average molecular weight is 421 g/mol. The third kappa shape index (κ3) is 3.28. The Morgan fingerprint density at radius 2 is 1.06 bits per heavy atom. The van der Waals surface area contributed by atoms with Gasteiger partial charge in [0, 0.05) is 16.5 Å². The van der Waals surface area contributed by atoms with Gasteiger partial charge in [0.25, 0.3) is 0 Å². The first-order valence-electron chi connectivity index (χ1n) is 11.0. The second-order valence-corrected chi connectivity index (χ2v) is 8.20. The Labute approximate surface area is 192 Å². The number of hydrogen-bond donors (Lipinski definition) is 0. The van der Waals surface area contributed by atoms with Gasteiger partial charge in [0.1, 0.15) is 0 Å². The normalized spacial score (nSPS) is 11.0. The van der Waals surface area contributed by atoms with E-state index in [1.165, 1.54) is 16.3 Å². The molecule has 0 N–H and O–H groups in total. The number of nitrogens with zero attached hydrogens (tertiary/aromatic N) is 2. The minimum Gasteiger partial charge on any atom is -0.309 e. The molecule has 0 saturated heterocycles. The van der Waals surface area contributed by atoms with Gasteiger partial charge in [0.15, 0.2) is 0 Å². The molecule has 0 atom stereocenters. The molecule has 2 heteroatoms. The highest BCUT2D eigenvalue weighted by molar-refractivity contribution is 6.09. The molecule has 1 heterocycles. The fourth-order valence-electron chi connectivity index (χ4n) is 4.68. The lowest BCUT2D eigenvalue weighted by Gasteiger charge is -2.12. The molecule has 0 saturated carbocycles. The first-order chi connectivity index (χ1) is 16.3. The maximum Gasteiger partial charge on any atom is 0.0992 e. The Balaban J connectivity index is 1.58. The van der Waals surface area contributed by atoms with Gasteiger partial charge in [-0.2, -0.15) is 5.26 Å². The molecule has 0 aliphatic heterocycles. The van der Waals surface area contributed by atoms with E-state index < -0.39 is 0 Å². The molecule has 0 fully saturated rings. The third-order valence-corrected chi connectivity index (χ3v) is 6.19. The molecule has 0 bridgehead atoms. The van der Waals surface area contributed by atoms with Crippen LogP contribution in [0.15, 0.2) is 121 Å². The molecule has 33 heavy (non-hydrogen) atoms. The number of rotatable bonds is 3. The molecule has 6 aromatic rings. The van der Waals surface area contributed by atoms with Crippen molar-refractivity contribution in [2.24, 2.45) is 0 Å². The maximum absolute atomic E-state index is 9.83. The van der Waals surface area contributed by atoms with Gasteiger partial charge in [0.2, 0.25) is 0 Å². The van der Waals surface area contributed by atoms with Gasteiger partial charge in [0.05, 0.1) is 22.7 Å². The first kappa shape index (κ1) is 19.1. The lowest BCUT2D eigenvalue weighted by molar-refractivity contribution is 1.18. The van der Waals surface area contributed by atoms with Crippen molar-refractivity contribution in [2.45, 2.75) is 0 Å². The van der Waals surface area contributed by atoms with Gasteiger partial charge < -0.3 is 4.57 Å². The highest BCUT2D eigenvalue weighted by Gasteiger charge is 2.13. The molecule has 0 spiro atoms. The summed E-state index contributed by atoms with van der Waals surface area (Å²) in [5, 5.41) is 12.3. The van der Waals surface area contributed by atoms with Gasteiger partial charge in [-0.15, -0.1) is 0 Å². The number of nitriles is 1. The quantitative estimate of drug-likeness (QED) is 0.285. The van der Waals surface area contributed by atoms with Crippen LogP contribution in [-0.2, 0) is 0 Å². The first-order valence-corrected chi connectivity index (χ1v) is 11.0. The maximum atomic E-state index is 9.83. The number of hydrogen-bond acceptors (Lipinski definition) is 1. The Bertz CT molecular complexity index is 1610. The van der Waals surface area contributed by atoms with E-state index in [2.05, 4.69) is 114 Å². The van der Waals surface area contributed by atoms with Crippen molar-refractivity contribution in [2.75, 3.05) is 0 Å². The molecular formula is C31H20N2. The Morgan fingerprint density at radius 1 is 0.485 bits per heavy atom. The second kappa shape index (κ2) is 7.82. The summed E-state index contributed by atoms with van der Waals surface area (Å²) in [7, 11) is 0. The Hall–Kier alpha value is -4.61. The zero-order valence-electron chi connectivity index (χ0n) is 17.9. The van der Waals surface area contributed by atoms with Crippen LogP contribution in [0, 0.1) is 11.3 Å². The van der Waals surface area contributed by atoms with E-state index >= 15 is 0 Å². The fraction of sp³-hybridized carbons (Fsp3) is 0. The molecule has 5 aromatic carbocycles. The fourth-order valence-corrected chi connectivity index (χ4v) is 4.68. The van der Waals surface area contributed by atoms with Crippen LogP contribution in [0.2, 0.25) is 0 Å². The molecular weight excluding hydrogens is 400 g/mol. The smallest absolute Gasteiger partial charge is 0.0992 e. The molecule has 0 unspecified atom stereocenters. The monoisotopic (exact) mass is 420 g/mol. The van der Waals surface area contributed by atoms with Crippen LogP contribution < -0.4 is 0 Å². The van der Waals surface area contributed by atoms with Gasteiger partial charge in [-0.25, -0.2) is 0 Å². The summed E-state index contributed by atoms with van der Waals surface area (Å²) in [6, 6.07) is 44.3. The van der Waals surface area contributed by atoms with E-state index in [1.54, 1.807) is 0 Å². The number of aromatic nitrogens is 1. The summed E-state index contributed by atoms with van der Waals surface area (Å²) in [6.45, 7) is 0. The zero-order valence-corrected chi connectivity index (χ0v) is 17.9. The Morgan fingerprint density at radius 3 is 1.73 bits per heavy atom.